The van der Waals surface area contributed by atoms with Gasteiger partial charge in [0.1, 0.15) is 5.52 Å². The summed E-state index contributed by atoms with van der Waals surface area (Å²) in [5.41, 5.74) is 7.42. The zero-order valence-electron chi connectivity index (χ0n) is 19.8. The van der Waals surface area contributed by atoms with E-state index in [0.29, 0.717) is 11.5 Å². The number of aromatic nitrogens is 1. The summed E-state index contributed by atoms with van der Waals surface area (Å²) in [5, 5.41) is 14.1. The molecule has 6 aromatic carbocycles. The highest BCUT2D eigenvalue weighted by Crippen LogP contribution is 2.39. The first-order valence-corrected chi connectivity index (χ1v) is 12.2. The molecular weight excluding hydrogens is 452 g/mol. The fourth-order valence-corrected chi connectivity index (χ4v) is 5.14. The Labute approximate surface area is 213 Å². The molecule has 0 radical (unpaired) electrons. The van der Waals surface area contributed by atoms with Crippen molar-refractivity contribution in [3.63, 3.8) is 0 Å². The number of rotatable bonds is 3. The van der Waals surface area contributed by atoms with Crippen molar-refractivity contribution in [2.45, 2.75) is 0 Å². The molecule has 1 heterocycles. The number of oxazole rings is 1. The van der Waals surface area contributed by atoms with Gasteiger partial charge < -0.3 is 4.42 Å². The molecule has 37 heavy (non-hydrogen) atoms. The molecule has 0 aliphatic heterocycles. The lowest BCUT2D eigenvalue weighted by molar-refractivity contribution is 0.620. The second-order valence-corrected chi connectivity index (χ2v) is 9.13. The summed E-state index contributed by atoms with van der Waals surface area (Å²) in [6, 6.07) is 43.4. The van der Waals surface area contributed by atoms with Gasteiger partial charge in [-0.15, -0.1) is 0 Å². The van der Waals surface area contributed by atoms with Crippen LogP contribution in [0.5, 0.6) is 0 Å². The van der Waals surface area contributed by atoms with Crippen LogP contribution in [0.15, 0.2) is 126 Å². The zero-order chi connectivity index (χ0) is 24.8. The average molecular weight is 473 g/mol. The number of para-hydroxylation sites is 1. The zero-order valence-corrected chi connectivity index (χ0v) is 19.8. The van der Waals surface area contributed by atoms with Crippen molar-refractivity contribution < 1.29 is 4.42 Å². The minimum absolute atomic E-state index is 0.588. The SMILES string of the molecule is N#Cc1cccc(-c2ccc(-c3nc4c(-c5cc6ccccc6c6ccccc56)cccc4o3)cc2)c1. The van der Waals surface area contributed by atoms with E-state index in [1.165, 1.54) is 21.5 Å². The molecule has 0 N–H and O–H groups in total. The Bertz CT molecular complexity index is 1990. The molecule has 0 fully saturated rings. The van der Waals surface area contributed by atoms with Crippen molar-refractivity contribution >= 4 is 32.6 Å². The highest BCUT2D eigenvalue weighted by molar-refractivity contribution is 6.15. The standard InChI is InChI=1S/C34H20N2O/c35-21-22-7-5-9-25(19-22)23-15-17-24(18-16-23)34-36-33-30(13-6-14-32(33)37-34)31-20-26-8-1-2-10-27(26)28-11-3-4-12-29(28)31/h1-20H. The molecule has 172 valence electrons. The van der Waals surface area contributed by atoms with Crippen molar-refractivity contribution in [1.82, 2.24) is 4.98 Å². The van der Waals surface area contributed by atoms with Crippen LogP contribution in [0.2, 0.25) is 0 Å². The Morgan fingerprint density at radius 2 is 1.30 bits per heavy atom. The first-order valence-electron chi connectivity index (χ1n) is 12.2. The maximum Gasteiger partial charge on any atom is 0.227 e. The van der Waals surface area contributed by atoms with Crippen LogP contribution in [0.4, 0.5) is 0 Å². The van der Waals surface area contributed by atoms with Crippen LogP contribution in [0.3, 0.4) is 0 Å². The van der Waals surface area contributed by atoms with E-state index in [2.05, 4.69) is 66.7 Å². The van der Waals surface area contributed by atoms with Crippen molar-refractivity contribution in [2.75, 3.05) is 0 Å². The van der Waals surface area contributed by atoms with Gasteiger partial charge in [0.05, 0.1) is 11.6 Å². The largest absolute Gasteiger partial charge is 0.436 e. The van der Waals surface area contributed by atoms with Gasteiger partial charge >= 0.3 is 0 Å². The van der Waals surface area contributed by atoms with Gasteiger partial charge in [-0.2, -0.15) is 5.26 Å². The van der Waals surface area contributed by atoms with Crippen LogP contribution in [-0.2, 0) is 0 Å². The smallest absolute Gasteiger partial charge is 0.227 e. The summed E-state index contributed by atoms with van der Waals surface area (Å²) < 4.78 is 6.24. The van der Waals surface area contributed by atoms with Crippen molar-refractivity contribution in [3.8, 4) is 39.8 Å². The Morgan fingerprint density at radius 1 is 0.568 bits per heavy atom. The monoisotopic (exact) mass is 472 g/mol. The number of benzene rings is 6. The van der Waals surface area contributed by atoms with Gasteiger partial charge in [0.15, 0.2) is 5.58 Å². The van der Waals surface area contributed by atoms with Gasteiger partial charge in [-0.05, 0) is 74.6 Å². The number of hydrogen-bond donors (Lipinski definition) is 0. The van der Waals surface area contributed by atoms with Crippen molar-refractivity contribution in [3.05, 3.63) is 127 Å². The van der Waals surface area contributed by atoms with E-state index in [9.17, 15) is 5.26 Å². The van der Waals surface area contributed by atoms with Gasteiger partial charge in [-0.1, -0.05) is 84.9 Å². The molecule has 0 saturated carbocycles. The minimum atomic E-state index is 0.588. The molecule has 3 heteroatoms. The lowest BCUT2D eigenvalue weighted by Crippen LogP contribution is -1.86. The van der Waals surface area contributed by atoms with E-state index in [0.717, 1.165) is 38.9 Å². The summed E-state index contributed by atoms with van der Waals surface area (Å²) in [6.45, 7) is 0. The second-order valence-electron chi connectivity index (χ2n) is 9.13. The van der Waals surface area contributed by atoms with E-state index in [4.69, 9.17) is 9.40 Å². The molecule has 7 rings (SSSR count). The number of nitriles is 1. The van der Waals surface area contributed by atoms with Crippen molar-refractivity contribution in [2.24, 2.45) is 0 Å². The fraction of sp³-hybridized carbons (Fsp3) is 0. The predicted molar refractivity (Wildman–Crippen MR) is 150 cm³/mol. The fourth-order valence-electron chi connectivity index (χ4n) is 5.14. The summed E-state index contributed by atoms with van der Waals surface area (Å²) >= 11 is 0. The molecule has 0 aliphatic rings. The third-order valence-electron chi connectivity index (χ3n) is 6.93. The molecule has 1 aromatic heterocycles. The van der Waals surface area contributed by atoms with Gasteiger partial charge in [-0.25, -0.2) is 4.98 Å². The first kappa shape index (κ1) is 21.1. The van der Waals surface area contributed by atoms with Gasteiger partial charge in [0.2, 0.25) is 5.89 Å². The number of fused-ring (bicyclic) bond motifs is 4. The van der Waals surface area contributed by atoms with Crippen molar-refractivity contribution in [1.29, 1.82) is 5.26 Å². The normalized spacial score (nSPS) is 11.2. The van der Waals surface area contributed by atoms with Gasteiger partial charge in [0.25, 0.3) is 0 Å². The maximum atomic E-state index is 9.22. The van der Waals surface area contributed by atoms with Crippen LogP contribution >= 0.6 is 0 Å². The first-order chi connectivity index (χ1) is 18.3. The number of nitrogens with zero attached hydrogens (tertiary/aromatic N) is 2. The Hall–Kier alpha value is -5.20. The molecule has 0 amide bonds. The summed E-state index contributed by atoms with van der Waals surface area (Å²) in [4.78, 5) is 4.97. The predicted octanol–water partition coefficient (Wildman–Crippen LogP) is 9.01. The molecule has 0 spiro atoms. The van der Waals surface area contributed by atoms with E-state index >= 15 is 0 Å². The molecule has 0 unspecified atom stereocenters. The number of hydrogen-bond acceptors (Lipinski definition) is 3. The molecule has 0 bridgehead atoms. The quantitative estimate of drug-likeness (QED) is 0.241. The molecular formula is C34H20N2O. The van der Waals surface area contributed by atoms with E-state index in [-0.39, 0.29) is 0 Å². The van der Waals surface area contributed by atoms with Crippen LogP contribution in [0.1, 0.15) is 5.56 Å². The van der Waals surface area contributed by atoms with E-state index in [1.807, 2.05) is 60.7 Å². The maximum absolute atomic E-state index is 9.22. The lowest BCUT2D eigenvalue weighted by Gasteiger charge is -2.11. The third-order valence-corrected chi connectivity index (χ3v) is 6.93. The summed E-state index contributed by atoms with van der Waals surface area (Å²) in [7, 11) is 0. The molecule has 0 aliphatic carbocycles. The van der Waals surface area contributed by atoms with Crippen LogP contribution < -0.4 is 0 Å². The van der Waals surface area contributed by atoms with Gasteiger partial charge in [-0.3, -0.25) is 0 Å². The lowest BCUT2D eigenvalue weighted by atomic mass is 9.93. The topological polar surface area (TPSA) is 49.8 Å². The summed E-state index contributed by atoms with van der Waals surface area (Å²) in [5.74, 6) is 0.588. The molecule has 3 nitrogen and oxygen atoms in total. The second kappa shape index (κ2) is 8.48. The highest BCUT2D eigenvalue weighted by atomic mass is 16.3. The van der Waals surface area contributed by atoms with Gasteiger partial charge in [0, 0.05) is 11.1 Å². The molecule has 0 saturated heterocycles. The Morgan fingerprint density at radius 3 is 2.14 bits per heavy atom. The molecule has 7 aromatic rings. The highest BCUT2D eigenvalue weighted by Gasteiger charge is 2.16. The third kappa shape index (κ3) is 3.55. The average Bonchev–Trinajstić information content (AvgIpc) is 3.42. The minimum Gasteiger partial charge on any atom is -0.436 e. The van der Waals surface area contributed by atoms with Crippen LogP contribution in [0, 0.1) is 11.3 Å². The Kier molecular flexibility index (Phi) is 4.84. The van der Waals surface area contributed by atoms with Crippen LogP contribution in [-0.4, -0.2) is 4.98 Å². The van der Waals surface area contributed by atoms with E-state index < -0.39 is 0 Å². The van der Waals surface area contributed by atoms with E-state index in [1.54, 1.807) is 0 Å². The Balaban J connectivity index is 1.36. The van der Waals surface area contributed by atoms with Crippen LogP contribution in [0.25, 0.3) is 66.4 Å². The molecule has 0 atom stereocenters. The summed E-state index contributed by atoms with van der Waals surface area (Å²) in [6.07, 6.45) is 0.